The Labute approximate surface area is 221 Å². The average molecular weight is 533 g/mol. The van der Waals surface area contributed by atoms with Crippen molar-refractivity contribution in [3.05, 3.63) is 71.2 Å². The van der Waals surface area contributed by atoms with Crippen LogP contribution in [0.4, 0.5) is 4.39 Å². The first-order chi connectivity index (χ1) is 18.2. The molecule has 2 aliphatic heterocycles. The molecule has 1 saturated heterocycles. The number of ether oxygens (including phenoxy) is 1. The molecule has 0 saturated carbocycles. The minimum atomic E-state index is -3.57. The van der Waals surface area contributed by atoms with Crippen LogP contribution in [0.15, 0.2) is 64.3 Å². The number of pyridine rings is 2. The molecule has 0 radical (unpaired) electrons. The molecule has 2 aliphatic rings. The number of benzene rings is 1. The van der Waals surface area contributed by atoms with Crippen molar-refractivity contribution < 1.29 is 17.5 Å². The van der Waals surface area contributed by atoms with E-state index in [-0.39, 0.29) is 16.8 Å². The van der Waals surface area contributed by atoms with E-state index in [2.05, 4.69) is 23.0 Å². The molecule has 9 heteroatoms. The Morgan fingerprint density at radius 2 is 1.87 bits per heavy atom. The van der Waals surface area contributed by atoms with Crippen LogP contribution in [0, 0.1) is 11.7 Å². The van der Waals surface area contributed by atoms with Gasteiger partial charge in [0.05, 0.1) is 23.6 Å². The summed E-state index contributed by atoms with van der Waals surface area (Å²) in [5.41, 5.74) is 6.64. The van der Waals surface area contributed by atoms with Crippen molar-refractivity contribution in [2.45, 2.75) is 37.8 Å². The molecule has 1 fully saturated rings. The van der Waals surface area contributed by atoms with Crippen LogP contribution < -0.4 is 0 Å². The maximum absolute atomic E-state index is 15.5. The molecule has 3 aromatic heterocycles. The molecule has 38 heavy (non-hydrogen) atoms. The van der Waals surface area contributed by atoms with Gasteiger partial charge in [-0.1, -0.05) is 18.2 Å². The Kier molecular flexibility index (Phi) is 6.15. The molecule has 5 heterocycles. The van der Waals surface area contributed by atoms with Crippen molar-refractivity contribution in [3.63, 3.8) is 0 Å². The summed E-state index contributed by atoms with van der Waals surface area (Å²) in [6, 6.07) is 11.7. The normalized spacial score (nSPS) is 17.9. The van der Waals surface area contributed by atoms with E-state index in [1.54, 1.807) is 12.1 Å². The number of aliphatic imine (C=N–C) groups is 1. The number of hydrogen-bond donors (Lipinski definition) is 0. The molecule has 0 spiro atoms. The van der Waals surface area contributed by atoms with Gasteiger partial charge >= 0.3 is 0 Å². The largest absolute Gasteiger partial charge is 0.381 e. The van der Waals surface area contributed by atoms with Crippen LogP contribution in [0.25, 0.3) is 27.6 Å². The SMILES string of the molecule is CC1=NCC(C)=C1c1cnc2c3ccc(S(C)(=O)=O)nc3n([C@H](c3ccccc3F)C3CCOCC3)c2c1. The third-order valence-corrected chi connectivity index (χ3v) is 8.67. The van der Waals surface area contributed by atoms with Crippen LogP contribution in [-0.4, -0.2) is 54.7 Å². The summed E-state index contributed by atoms with van der Waals surface area (Å²) >= 11 is 0. The van der Waals surface area contributed by atoms with E-state index in [0.29, 0.717) is 36.5 Å². The van der Waals surface area contributed by atoms with Gasteiger partial charge in [0.25, 0.3) is 0 Å². The molecule has 0 unspecified atom stereocenters. The zero-order valence-corrected chi connectivity index (χ0v) is 22.4. The highest BCUT2D eigenvalue weighted by molar-refractivity contribution is 7.90. The third kappa shape index (κ3) is 4.14. The van der Waals surface area contributed by atoms with Crippen molar-refractivity contribution in [2.75, 3.05) is 26.0 Å². The van der Waals surface area contributed by atoms with Gasteiger partial charge in [0, 0.05) is 53.5 Å². The van der Waals surface area contributed by atoms with Gasteiger partial charge in [-0.05, 0) is 62.4 Å². The summed E-state index contributed by atoms with van der Waals surface area (Å²) in [6.45, 7) is 5.89. The van der Waals surface area contributed by atoms with Gasteiger partial charge in [0.1, 0.15) is 11.5 Å². The predicted octanol–water partition coefficient (Wildman–Crippen LogP) is 5.39. The zero-order valence-electron chi connectivity index (χ0n) is 21.6. The quantitative estimate of drug-likeness (QED) is 0.344. The number of aromatic nitrogens is 3. The second-order valence-corrected chi connectivity index (χ2v) is 12.2. The zero-order chi connectivity index (χ0) is 26.6. The summed E-state index contributed by atoms with van der Waals surface area (Å²) in [6.07, 6.45) is 4.48. The Balaban J connectivity index is 1.71. The van der Waals surface area contributed by atoms with Gasteiger partial charge in [-0.15, -0.1) is 0 Å². The van der Waals surface area contributed by atoms with Gasteiger partial charge in [-0.25, -0.2) is 17.8 Å². The van der Waals surface area contributed by atoms with Crippen molar-refractivity contribution >= 4 is 43.2 Å². The second kappa shape index (κ2) is 9.39. The Hall–Kier alpha value is -3.43. The number of hydrogen-bond acceptors (Lipinski definition) is 6. The van der Waals surface area contributed by atoms with E-state index >= 15 is 4.39 Å². The molecular formula is C29H29FN4O3S. The van der Waals surface area contributed by atoms with Crippen LogP contribution in [-0.2, 0) is 14.6 Å². The summed E-state index contributed by atoms with van der Waals surface area (Å²) in [4.78, 5) is 14.1. The fraction of sp³-hybridized carbons (Fsp3) is 0.345. The first kappa shape index (κ1) is 24.9. The molecule has 1 aromatic carbocycles. The third-order valence-electron chi connectivity index (χ3n) is 7.69. The highest BCUT2D eigenvalue weighted by Crippen LogP contribution is 2.41. The van der Waals surface area contributed by atoms with Crippen LogP contribution >= 0.6 is 0 Å². The van der Waals surface area contributed by atoms with E-state index in [1.165, 1.54) is 17.7 Å². The van der Waals surface area contributed by atoms with Crippen LogP contribution in [0.2, 0.25) is 0 Å². The van der Waals surface area contributed by atoms with Gasteiger partial charge in [-0.3, -0.25) is 9.98 Å². The van der Waals surface area contributed by atoms with Gasteiger partial charge < -0.3 is 9.30 Å². The molecule has 0 aliphatic carbocycles. The van der Waals surface area contributed by atoms with E-state index in [1.807, 2.05) is 29.8 Å². The van der Waals surface area contributed by atoms with Gasteiger partial charge in [-0.2, -0.15) is 0 Å². The topological polar surface area (TPSA) is 86.4 Å². The molecule has 0 N–H and O–H groups in total. The molecule has 6 rings (SSSR count). The number of allylic oxidation sites excluding steroid dienone is 1. The molecular weight excluding hydrogens is 503 g/mol. The van der Waals surface area contributed by atoms with Crippen molar-refractivity contribution in [2.24, 2.45) is 10.9 Å². The maximum Gasteiger partial charge on any atom is 0.192 e. The average Bonchev–Trinajstić information content (AvgIpc) is 3.41. The number of sulfone groups is 1. The molecule has 7 nitrogen and oxygen atoms in total. The number of halogens is 1. The first-order valence-corrected chi connectivity index (χ1v) is 14.7. The lowest BCUT2D eigenvalue weighted by Gasteiger charge is -2.33. The van der Waals surface area contributed by atoms with Crippen LogP contribution in [0.1, 0.15) is 43.9 Å². The summed E-state index contributed by atoms with van der Waals surface area (Å²) < 4.78 is 48.2. The summed E-state index contributed by atoms with van der Waals surface area (Å²) in [7, 11) is -3.57. The Morgan fingerprint density at radius 1 is 1.11 bits per heavy atom. The highest BCUT2D eigenvalue weighted by Gasteiger charge is 2.33. The van der Waals surface area contributed by atoms with Crippen molar-refractivity contribution in [3.8, 4) is 0 Å². The van der Waals surface area contributed by atoms with Gasteiger partial charge in [0.15, 0.2) is 14.9 Å². The van der Waals surface area contributed by atoms with Crippen LogP contribution in [0.5, 0.6) is 0 Å². The van der Waals surface area contributed by atoms with Crippen molar-refractivity contribution in [1.82, 2.24) is 14.5 Å². The number of fused-ring (bicyclic) bond motifs is 3. The standard InChI is InChI=1S/C29H29FN4O3S/c1-17-15-31-18(2)26(17)20-14-24-27(32-16-20)22-8-9-25(38(3,35)36)33-29(22)34(24)28(19-10-12-37-13-11-19)21-6-4-5-7-23(21)30/h4-9,14,16,19,28H,10-13,15H2,1-3H3/t28-/m0/s1. The molecule has 1 atom stereocenters. The smallest absolute Gasteiger partial charge is 0.192 e. The lowest BCUT2D eigenvalue weighted by atomic mass is 9.86. The van der Waals surface area contributed by atoms with E-state index in [9.17, 15) is 8.42 Å². The first-order valence-electron chi connectivity index (χ1n) is 12.8. The van der Waals surface area contributed by atoms with Gasteiger partial charge in [0.2, 0.25) is 0 Å². The monoisotopic (exact) mass is 532 g/mol. The fourth-order valence-electron chi connectivity index (χ4n) is 5.89. The van der Waals surface area contributed by atoms with Crippen molar-refractivity contribution in [1.29, 1.82) is 0 Å². The lowest BCUT2D eigenvalue weighted by molar-refractivity contribution is 0.0547. The Morgan fingerprint density at radius 3 is 2.55 bits per heavy atom. The van der Waals surface area contributed by atoms with E-state index in [4.69, 9.17) is 9.72 Å². The lowest BCUT2D eigenvalue weighted by Crippen LogP contribution is -2.27. The number of rotatable bonds is 5. The minimum Gasteiger partial charge on any atom is -0.381 e. The highest BCUT2D eigenvalue weighted by atomic mass is 32.2. The summed E-state index contributed by atoms with van der Waals surface area (Å²) in [5.74, 6) is -0.248. The van der Waals surface area contributed by atoms with E-state index in [0.717, 1.165) is 46.8 Å². The molecule has 0 amide bonds. The minimum absolute atomic E-state index is 0.0223. The Bertz CT molecular complexity index is 1750. The van der Waals surface area contributed by atoms with E-state index < -0.39 is 15.9 Å². The second-order valence-electron chi connectivity index (χ2n) is 10.2. The van der Waals surface area contributed by atoms with Crippen LogP contribution in [0.3, 0.4) is 0 Å². The molecule has 4 aromatic rings. The maximum atomic E-state index is 15.5. The predicted molar refractivity (Wildman–Crippen MR) is 147 cm³/mol. The molecule has 0 bridgehead atoms. The fourth-order valence-corrected chi connectivity index (χ4v) is 6.46. The summed E-state index contributed by atoms with van der Waals surface area (Å²) in [5, 5.41) is 0.709. The number of nitrogens with zero attached hydrogens (tertiary/aromatic N) is 4. The molecule has 196 valence electrons.